The molecule has 0 aromatic heterocycles. The predicted octanol–water partition coefficient (Wildman–Crippen LogP) is 5.24. The van der Waals surface area contributed by atoms with Crippen LogP contribution >= 0.6 is 7.11 Å². The maximum Gasteiger partial charge on any atom is 0.332 e. The molecule has 28 heavy (non-hydrogen) atoms. The van der Waals surface area contributed by atoms with Gasteiger partial charge in [-0.3, -0.25) is 0 Å². The van der Waals surface area contributed by atoms with Crippen LogP contribution in [0.5, 0.6) is 0 Å². The quantitative estimate of drug-likeness (QED) is 0.281. The Bertz CT molecular complexity index is 628. The molecule has 1 aromatic rings. The first kappa shape index (κ1) is 30.0. The van der Waals surface area contributed by atoms with Crippen molar-refractivity contribution in [3.05, 3.63) is 48.9 Å². The number of carboxylic acids is 1. The van der Waals surface area contributed by atoms with Gasteiger partial charge in [-0.2, -0.15) is 0 Å². The van der Waals surface area contributed by atoms with E-state index in [1.54, 1.807) is 6.08 Å². The molecule has 1 saturated carbocycles. The molecule has 1 aliphatic carbocycles. The van der Waals surface area contributed by atoms with Crippen LogP contribution in [-0.2, 0) is 37.5 Å². The summed E-state index contributed by atoms with van der Waals surface area (Å²) in [6.45, 7) is 4.00. The third-order valence-electron chi connectivity index (χ3n) is 4.78. The number of carbonyl (C=O) groups is 1. The average molecular weight is 483 g/mol. The van der Waals surface area contributed by atoms with Gasteiger partial charge in [0, 0.05) is 57.3 Å². The maximum absolute atomic E-state index is 11.6. The van der Waals surface area contributed by atoms with Crippen LogP contribution in [0, 0.1) is 13.3 Å². The summed E-state index contributed by atoms with van der Waals surface area (Å²) in [5, 5.41) is 9.47. The Morgan fingerprint density at radius 2 is 1.79 bits per heavy atom. The molecular formula is C22H37NO3PY-. The minimum absolute atomic E-state index is 0. The zero-order valence-corrected chi connectivity index (χ0v) is 21.4. The predicted molar refractivity (Wildman–Crippen MR) is 120 cm³/mol. The summed E-state index contributed by atoms with van der Waals surface area (Å²) >= 11 is 0. The van der Waals surface area contributed by atoms with Crippen LogP contribution in [0.3, 0.4) is 0 Å². The Labute approximate surface area is 196 Å². The average Bonchev–Trinajstić information content (AvgIpc) is 2.64. The van der Waals surface area contributed by atoms with Crippen LogP contribution in [0.1, 0.15) is 57.9 Å². The van der Waals surface area contributed by atoms with Crippen molar-refractivity contribution >= 4 is 25.5 Å². The van der Waals surface area contributed by atoms with Crippen molar-refractivity contribution in [2.24, 2.45) is 11.7 Å². The van der Waals surface area contributed by atoms with E-state index < -0.39 is 18.9 Å². The van der Waals surface area contributed by atoms with E-state index in [2.05, 4.69) is 6.30 Å². The van der Waals surface area contributed by atoms with Gasteiger partial charge in [0.05, 0.1) is 0 Å². The van der Waals surface area contributed by atoms with Crippen LogP contribution < -0.4 is 5.73 Å². The normalized spacial score (nSPS) is 17.6. The number of hydrogen-bond acceptors (Lipinski definition) is 3. The number of aliphatic carboxylic acids is 1. The van der Waals surface area contributed by atoms with Gasteiger partial charge in [0.15, 0.2) is 0 Å². The van der Waals surface area contributed by atoms with Crippen molar-refractivity contribution in [2.45, 2.75) is 58.2 Å². The van der Waals surface area contributed by atoms with Crippen molar-refractivity contribution in [3.8, 4) is 0 Å². The summed E-state index contributed by atoms with van der Waals surface area (Å²) in [5.41, 5.74) is 7.21. The van der Waals surface area contributed by atoms with Gasteiger partial charge in [-0.15, -0.1) is 0 Å². The van der Waals surface area contributed by atoms with Crippen LogP contribution in [0.2, 0.25) is 0 Å². The molecule has 6 heteroatoms. The smallest absolute Gasteiger partial charge is 0.332 e. The molecule has 0 saturated heterocycles. The SMILES string of the molecule is C=P(O)(CC(=Cc1ccccc1)C(=O)O)C(N)CC1CCCCC1.CC.[CH3-].[Y]. The molecule has 157 valence electrons. The molecule has 1 aliphatic rings. The summed E-state index contributed by atoms with van der Waals surface area (Å²) in [4.78, 5) is 22.3. The Morgan fingerprint density at radius 1 is 1.25 bits per heavy atom. The fourth-order valence-electron chi connectivity index (χ4n) is 3.30. The molecule has 1 radical (unpaired) electrons. The van der Waals surface area contributed by atoms with Gasteiger partial charge >= 0.3 is 5.97 Å². The fourth-order valence-corrected chi connectivity index (χ4v) is 5.04. The van der Waals surface area contributed by atoms with E-state index in [1.165, 1.54) is 19.3 Å². The van der Waals surface area contributed by atoms with Crippen LogP contribution in [0.4, 0.5) is 0 Å². The van der Waals surface area contributed by atoms with Crippen molar-refractivity contribution in [1.82, 2.24) is 0 Å². The molecule has 0 heterocycles. The van der Waals surface area contributed by atoms with E-state index in [-0.39, 0.29) is 51.9 Å². The Balaban J connectivity index is 0. The van der Waals surface area contributed by atoms with Gasteiger partial charge in [-0.25, -0.2) is 4.79 Å². The monoisotopic (exact) mass is 483 g/mol. The van der Waals surface area contributed by atoms with E-state index in [0.29, 0.717) is 5.92 Å². The summed E-state index contributed by atoms with van der Waals surface area (Å²) < 4.78 is 0. The third-order valence-corrected chi connectivity index (χ3v) is 7.11. The van der Waals surface area contributed by atoms with Crippen LogP contribution in [0.15, 0.2) is 35.9 Å². The largest absolute Gasteiger partial charge is 0.478 e. The van der Waals surface area contributed by atoms with Gasteiger partial charge in [-0.05, 0) is 24.0 Å². The fraction of sp³-hybridized carbons (Fsp3) is 0.500. The van der Waals surface area contributed by atoms with E-state index in [9.17, 15) is 14.8 Å². The second-order valence-corrected chi connectivity index (χ2v) is 9.79. The Kier molecular flexibility index (Phi) is 16.7. The molecule has 1 aromatic carbocycles. The summed E-state index contributed by atoms with van der Waals surface area (Å²) in [6, 6.07) is 9.26. The number of rotatable bonds is 7. The van der Waals surface area contributed by atoms with Crippen LogP contribution in [0.25, 0.3) is 6.08 Å². The van der Waals surface area contributed by atoms with Gasteiger partial charge in [0.1, 0.15) is 0 Å². The molecule has 0 bridgehead atoms. The first-order valence-electron chi connectivity index (χ1n) is 9.58. The first-order valence-corrected chi connectivity index (χ1v) is 11.8. The summed E-state index contributed by atoms with van der Waals surface area (Å²) in [6.07, 6.45) is 12.4. The molecule has 1 fully saturated rings. The molecule has 2 unspecified atom stereocenters. The Morgan fingerprint density at radius 3 is 2.29 bits per heavy atom. The van der Waals surface area contributed by atoms with Gasteiger partial charge < -0.3 is 23.2 Å². The van der Waals surface area contributed by atoms with E-state index >= 15 is 0 Å². The number of nitrogens with two attached hydrogens (primary N) is 1. The Hall–Kier alpha value is -0.246. The third kappa shape index (κ3) is 10.5. The molecule has 4 N–H and O–H groups in total. The van der Waals surface area contributed by atoms with Crippen molar-refractivity contribution in [3.63, 3.8) is 0 Å². The van der Waals surface area contributed by atoms with Crippen LogP contribution in [-0.4, -0.2) is 34.2 Å². The second kappa shape index (κ2) is 15.6. The molecular weight excluding hydrogens is 446 g/mol. The summed E-state index contributed by atoms with van der Waals surface area (Å²) in [7, 11) is -2.77. The topological polar surface area (TPSA) is 83.5 Å². The van der Waals surface area contributed by atoms with Crippen molar-refractivity contribution in [1.29, 1.82) is 0 Å². The minimum atomic E-state index is -2.77. The molecule has 2 atom stereocenters. The van der Waals surface area contributed by atoms with Gasteiger partial charge in [0.25, 0.3) is 0 Å². The minimum Gasteiger partial charge on any atom is -0.478 e. The maximum atomic E-state index is 11.6. The molecule has 2 rings (SSSR count). The molecule has 4 nitrogen and oxygen atoms in total. The number of hydrogen-bond donors (Lipinski definition) is 3. The first-order chi connectivity index (χ1) is 12.4. The molecule has 0 spiro atoms. The molecule has 0 amide bonds. The van der Waals surface area contributed by atoms with E-state index in [0.717, 1.165) is 24.8 Å². The zero-order valence-electron chi connectivity index (χ0n) is 17.7. The van der Waals surface area contributed by atoms with Crippen molar-refractivity contribution in [2.75, 3.05) is 6.16 Å². The van der Waals surface area contributed by atoms with Crippen molar-refractivity contribution < 1.29 is 47.5 Å². The number of carboxylic acid groups (broad SMARTS) is 1. The second-order valence-electron chi connectivity index (χ2n) is 6.84. The number of benzene rings is 1. The zero-order chi connectivity index (χ0) is 19.6. The van der Waals surface area contributed by atoms with E-state index in [4.69, 9.17) is 5.73 Å². The molecule has 0 aliphatic heterocycles. The van der Waals surface area contributed by atoms with E-state index in [1.807, 2.05) is 44.2 Å². The summed E-state index contributed by atoms with van der Waals surface area (Å²) in [5.74, 6) is -0.904. The van der Waals surface area contributed by atoms with Gasteiger partial charge in [-0.1, -0.05) is 82.6 Å². The van der Waals surface area contributed by atoms with Gasteiger partial charge in [0.2, 0.25) is 0 Å². The standard InChI is InChI=1S/C19H28NO3P.C2H6.CH3.Y/c1-24(23,18(20)13-16-10-6-3-7-11-16)14-17(19(21)22)12-15-8-4-2-5-9-15;1-2;;/h2,4-5,8-9,12,16,18,23H,1,3,6-7,10-11,13-14,20H2,(H,21,22);1-2H3;1H3;/q;;-1;.